The molecule has 2 fully saturated rings. The van der Waals surface area contributed by atoms with Crippen LogP contribution in [0.2, 0.25) is 0 Å². The number of nitrogens with one attached hydrogen (secondary N) is 1. The number of methoxy groups -OCH3 is 1. The number of likely N-dealkylation sites (N-methyl/N-ethyl adjacent to an activating group) is 1. The zero-order valence-corrected chi connectivity index (χ0v) is 22.2. The largest absolute Gasteiger partial charge is 0.462 e. The summed E-state index contributed by atoms with van der Waals surface area (Å²) in [5.41, 5.74) is 4.95. The number of ether oxygens (including phenoxy) is 2. The molecule has 8 nitrogen and oxygen atoms in total. The van der Waals surface area contributed by atoms with Crippen LogP contribution < -0.4 is 19.9 Å². The number of fused-ring (bicyclic) bond motifs is 2. The molecule has 0 aliphatic carbocycles. The molecular formula is C29H38N6O2. The van der Waals surface area contributed by atoms with Crippen molar-refractivity contribution >= 4 is 22.3 Å². The first-order valence-electron chi connectivity index (χ1n) is 13.6. The Morgan fingerprint density at radius 1 is 1.03 bits per heavy atom. The lowest BCUT2D eigenvalue weighted by molar-refractivity contribution is 0.111. The van der Waals surface area contributed by atoms with Crippen LogP contribution in [0.15, 0.2) is 36.4 Å². The van der Waals surface area contributed by atoms with Crippen LogP contribution in [-0.4, -0.2) is 87.0 Å². The average molecular weight is 503 g/mol. The molecule has 37 heavy (non-hydrogen) atoms. The number of anilines is 2. The molecule has 3 aromatic rings. The smallest absolute Gasteiger partial charge is 0.318 e. The van der Waals surface area contributed by atoms with E-state index in [0.29, 0.717) is 18.7 Å². The standard InChI is InChI=1S/C29H38N6O2/c1-20-6-4-7-21-8-5-9-26(27(20)21)35-13-10-24-25(18-35)31-29(32-28(24)34-14-11-30-12-15-34)37-19-22-16-23(36-3)17-33(22)2/h4-9,22-23,30H,10-19H2,1-3H3/t22-,23-/m1/s1. The molecule has 2 saturated heterocycles. The van der Waals surface area contributed by atoms with E-state index >= 15 is 0 Å². The highest BCUT2D eigenvalue weighted by atomic mass is 16.5. The number of piperazine rings is 1. The summed E-state index contributed by atoms with van der Waals surface area (Å²) in [6.45, 7) is 9.28. The third kappa shape index (κ3) is 4.85. The lowest BCUT2D eigenvalue weighted by atomic mass is 9.99. The second-order valence-electron chi connectivity index (χ2n) is 10.6. The maximum Gasteiger partial charge on any atom is 0.318 e. The number of aryl methyl sites for hydroxylation is 1. The maximum absolute atomic E-state index is 6.30. The zero-order valence-electron chi connectivity index (χ0n) is 22.2. The van der Waals surface area contributed by atoms with Crippen LogP contribution in [-0.2, 0) is 17.7 Å². The van der Waals surface area contributed by atoms with Crippen LogP contribution in [0.25, 0.3) is 10.8 Å². The summed E-state index contributed by atoms with van der Waals surface area (Å²) in [7, 11) is 3.92. The first kappa shape index (κ1) is 24.4. The van der Waals surface area contributed by atoms with Gasteiger partial charge in [-0.2, -0.15) is 9.97 Å². The molecule has 0 amide bonds. The molecule has 2 aromatic carbocycles. The molecule has 6 rings (SSSR count). The van der Waals surface area contributed by atoms with Crippen molar-refractivity contribution in [1.82, 2.24) is 20.2 Å². The highest BCUT2D eigenvalue weighted by Gasteiger charge is 2.31. The minimum atomic E-state index is 0.261. The van der Waals surface area contributed by atoms with Crippen LogP contribution in [0, 0.1) is 6.92 Å². The van der Waals surface area contributed by atoms with Crippen molar-refractivity contribution in [2.75, 3.05) is 69.8 Å². The Morgan fingerprint density at radius 3 is 2.62 bits per heavy atom. The van der Waals surface area contributed by atoms with Crippen molar-refractivity contribution < 1.29 is 9.47 Å². The van der Waals surface area contributed by atoms with Gasteiger partial charge >= 0.3 is 6.01 Å². The van der Waals surface area contributed by atoms with Crippen LogP contribution >= 0.6 is 0 Å². The lowest BCUT2D eigenvalue weighted by Gasteiger charge is -2.35. The summed E-state index contributed by atoms with van der Waals surface area (Å²) in [5, 5.41) is 6.08. The quantitative estimate of drug-likeness (QED) is 0.552. The number of benzene rings is 2. The number of nitrogens with zero attached hydrogens (tertiary/aromatic N) is 5. The predicted octanol–water partition coefficient (Wildman–Crippen LogP) is 3.01. The number of hydrogen-bond acceptors (Lipinski definition) is 8. The van der Waals surface area contributed by atoms with E-state index in [1.54, 1.807) is 7.11 Å². The molecule has 8 heteroatoms. The Balaban J connectivity index is 1.31. The normalized spacial score (nSPS) is 22.5. The van der Waals surface area contributed by atoms with E-state index in [1.807, 2.05) is 0 Å². The van der Waals surface area contributed by atoms with Gasteiger partial charge in [-0.25, -0.2) is 0 Å². The van der Waals surface area contributed by atoms with Gasteiger partial charge in [-0.15, -0.1) is 0 Å². The Bertz CT molecular complexity index is 1260. The van der Waals surface area contributed by atoms with E-state index < -0.39 is 0 Å². The van der Waals surface area contributed by atoms with Crippen LogP contribution in [0.5, 0.6) is 6.01 Å². The van der Waals surface area contributed by atoms with Crippen LogP contribution in [0.3, 0.4) is 0 Å². The maximum atomic E-state index is 6.30. The van der Waals surface area contributed by atoms with Gasteiger partial charge in [0.25, 0.3) is 0 Å². The van der Waals surface area contributed by atoms with E-state index in [-0.39, 0.29) is 6.10 Å². The highest BCUT2D eigenvalue weighted by molar-refractivity contribution is 5.97. The van der Waals surface area contributed by atoms with Gasteiger partial charge in [-0.3, -0.25) is 4.90 Å². The molecular weight excluding hydrogens is 464 g/mol. The van der Waals surface area contributed by atoms with Crippen molar-refractivity contribution in [3.8, 4) is 6.01 Å². The predicted molar refractivity (Wildman–Crippen MR) is 148 cm³/mol. The van der Waals surface area contributed by atoms with Crippen molar-refractivity contribution in [3.63, 3.8) is 0 Å². The minimum absolute atomic E-state index is 0.261. The van der Waals surface area contributed by atoms with Crippen LogP contribution in [0.4, 0.5) is 11.5 Å². The Hall–Kier alpha value is -2.94. The van der Waals surface area contributed by atoms with Crippen molar-refractivity contribution in [2.45, 2.75) is 38.5 Å². The molecule has 3 aliphatic rings. The van der Waals surface area contributed by atoms with Gasteiger partial charge in [-0.1, -0.05) is 30.3 Å². The van der Waals surface area contributed by atoms with E-state index in [9.17, 15) is 0 Å². The fourth-order valence-electron chi connectivity index (χ4n) is 6.13. The molecule has 2 atom stereocenters. The molecule has 0 spiro atoms. The number of aromatic nitrogens is 2. The molecule has 4 heterocycles. The molecule has 0 saturated carbocycles. The third-order valence-corrected chi connectivity index (χ3v) is 8.26. The van der Waals surface area contributed by atoms with Crippen LogP contribution in [0.1, 0.15) is 23.2 Å². The fraction of sp³-hybridized carbons (Fsp3) is 0.517. The number of likely N-dealkylation sites (tertiary alicyclic amines) is 1. The van der Waals surface area contributed by atoms with Gasteiger partial charge in [0.2, 0.25) is 0 Å². The monoisotopic (exact) mass is 502 g/mol. The minimum Gasteiger partial charge on any atom is -0.462 e. The summed E-state index contributed by atoms with van der Waals surface area (Å²) >= 11 is 0. The molecule has 0 bridgehead atoms. The molecule has 0 radical (unpaired) electrons. The van der Waals surface area contributed by atoms with Crippen molar-refractivity contribution in [3.05, 3.63) is 53.2 Å². The van der Waals surface area contributed by atoms with Gasteiger partial charge in [0, 0.05) is 69.1 Å². The van der Waals surface area contributed by atoms with Gasteiger partial charge in [0.05, 0.1) is 18.3 Å². The summed E-state index contributed by atoms with van der Waals surface area (Å²) in [4.78, 5) is 17.2. The van der Waals surface area contributed by atoms with Crippen molar-refractivity contribution in [2.24, 2.45) is 0 Å². The van der Waals surface area contributed by atoms with E-state index in [1.165, 1.54) is 27.6 Å². The Labute approximate surface area is 219 Å². The second kappa shape index (κ2) is 10.4. The highest BCUT2D eigenvalue weighted by Crippen LogP contribution is 2.35. The molecule has 1 N–H and O–H groups in total. The summed E-state index contributed by atoms with van der Waals surface area (Å²) < 4.78 is 11.9. The molecule has 3 aliphatic heterocycles. The lowest BCUT2D eigenvalue weighted by Crippen LogP contribution is -2.45. The number of rotatable bonds is 6. The zero-order chi connectivity index (χ0) is 25.4. The summed E-state index contributed by atoms with van der Waals surface area (Å²) in [5.74, 6) is 1.06. The van der Waals surface area contributed by atoms with E-state index in [0.717, 1.165) is 70.2 Å². The molecule has 0 unspecified atom stereocenters. The summed E-state index contributed by atoms with van der Waals surface area (Å²) in [6.07, 6.45) is 2.16. The topological polar surface area (TPSA) is 66.0 Å². The second-order valence-corrected chi connectivity index (χ2v) is 10.6. The fourth-order valence-corrected chi connectivity index (χ4v) is 6.13. The molecule has 1 aromatic heterocycles. The summed E-state index contributed by atoms with van der Waals surface area (Å²) in [6, 6.07) is 14.0. The van der Waals surface area contributed by atoms with E-state index in [2.05, 4.69) is 70.4 Å². The van der Waals surface area contributed by atoms with Gasteiger partial charge in [-0.05, 0) is 43.8 Å². The van der Waals surface area contributed by atoms with Crippen molar-refractivity contribution in [1.29, 1.82) is 0 Å². The number of hydrogen-bond donors (Lipinski definition) is 1. The first-order valence-corrected chi connectivity index (χ1v) is 13.6. The third-order valence-electron chi connectivity index (χ3n) is 8.26. The Morgan fingerprint density at radius 2 is 1.84 bits per heavy atom. The van der Waals surface area contributed by atoms with Gasteiger partial charge in [0.1, 0.15) is 12.4 Å². The molecule has 196 valence electrons. The van der Waals surface area contributed by atoms with Gasteiger partial charge < -0.3 is 24.6 Å². The first-order chi connectivity index (χ1) is 18.1. The van der Waals surface area contributed by atoms with E-state index in [4.69, 9.17) is 19.4 Å². The average Bonchev–Trinajstić information content (AvgIpc) is 3.31. The Kier molecular flexibility index (Phi) is 6.88. The van der Waals surface area contributed by atoms with Gasteiger partial charge in [0.15, 0.2) is 0 Å². The SMILES string of the molecule is CO[C@@H]1C[C@H](COc2nc3c(c(N4CCNCC4)n2)CCN(c2cccc4cccc(C)c24)C3)N(C)C1.